The molecule has 0 spiro atoms. The average Bonchev–Trinajstić information content (AvgIpc) is 2.75. The number of aromatic nitrogens is 2. The molecule has 0 amide bonds. The van der Waals surface area contributed by atoms with Crippen LogP contribution in [0.2, 0.25) is 0 Å². The van der Waals surface area contributed by atoms with E-state index in [2.05, 4.69) is 30.3 Å². The number of rotatable bonds is 9. The molecule has 0 aliphatic rings. The first-order valence-corrected chi connectivity index (χ1v) is 6.59. The third-order valence-electron chi connectivity index (χ3n) is 2.87. The van der Waals surface area contributed by atoms with Gasteiger partial charge in [0.05, 0.1) is 5.69 Å². The van der Waals surface area contributed by atoms with E-state index in [1.807, 2.05) is 10.9 Å². The lowest BCUT2D eigenvalue weighted by Gasteiger charge is -2.06. The number of unbranched alkanes of at least 4 members (excludes halogenated alkanes) is 4. The van der Waals surface area contributed by atoms with Crippen LogP contribution >= 0.6 is 12.4 Å². The predicted octanol–water partition coefficient (Wildman–Crippen LogP) is 3.38. The van der Waals surface area contributed by atoms with Gasteiger partial charge in [0.1, 0.15) is 0 Å². The van der Waals surface area contributed by atoms with Crippen molar-refractivity contribution in [2.75, 3.05) is 6.54 Å². The molecule has 0 radical (unpaired) electrons. The summed E-state index contributed by atoms with van der Waals surface area (Å²) in [5.74, 6) is 0. The van der Waals surface area contributed by atoms with E-state index in [-0.39, 0.29) is 12.4 Å². The maximum absolute atomic E-state index is 4.25. The van der Waals surface area contributed by atoms with E-state index in [0.29, 0.717) is 0 Å². The van der Waals surface area contributed by atoms with Crippen molar-refractivity contribution in [1.29, 1.82) is 0 Å². The summed E-state index contributed by atoms with van der Waals surface area (Å²) in [6, 6.07) is 2.09. The molecule has 0 saturated carbocycles. The minimum Gasteiger partial charge on any atom is -0.311 e. The number of nitrogens with zero attached hydrogens (tertiary/aromatic N) is 2. The fourth-order valence-electron chi connectivity index (χ4n) is 1.86. The lowest BCUT2D eigenvalue weighted by Crippen LogP contribution is -2.17. The molecular weight excluding hydrogens is 234 g/mol. The van der Waals surface area contributed by atoms with Crippen LogP contribution in [-0.4, -0.2) is 16.3 Å². The van der Waals surface area contributed by atoms with Crippen molar-refractivity contribution in [3.05, 3.63) is 18.0 Å². The first-order valence-electron chi connectivity index (χ1n) is 6.59. The summed E-state index contributed by atoms with van der Waals surface area (Å²) in [6.07, 6.45) is 8.60. The molecule has 0 bridgehead atoms. The van der Waals surface area contributed by atoms with Gasteiger partial charge < -0.3 is 5.32 Å². The summed E-state index contributed by atoms with van der Waals surface area (Å²) >= 11 is 0. The minimum absolute atomic E-state index is 0. The number of hydrogen-bond acceptors (Lipinski definition) is 2. The van der Waals surface area contributed by atoms with E-state index >= 15 is 0 Å². The Morgan fingerprint density at radius 3 is 2.65 bits per heavy atom. The zero-order valence-corrected chi connectivity index (χ0v) is 11.9. The number of hydrogen-bond donors (Lipinski definition) is 1. The summed E-state index contributed by atoms with van der Waals surface area (Å²) in [5, 5.41) is 7.73. The lowest BCUT2D eigenvalue weighted by atomic mass is 10.1. The van der Waals surface area contributed by atoms with Gasteiger partial charge >= 0.3 is 0 Å². The first-order chi connectivity index (χ1) is 7.88. The SMILES string of the molecule is CCCCCCCNCc1ccnn1CC.Cl. The minimum atomic E-state index is 0. The van der Waals surface area contributed by atoms with Crippen LogP contribution in [0.1, 0.15) is 51.6 Å². The highest BCUT2D eigenvalue weighted by molar-refractivity contribution is 5.85. The molecule has 1 aromatic heterocycles. The summed E-state index contributed by atoms with van der Waals surface area (Å²) in [6.45, 7) is 7.41. The summed E-state index contributed by atoms with van der Waals surface area (Å²) in [4.78, 5) is 0. The van der Waals surface area contributed by atoms with Gasteiger partial charge in [0, 0.05) is 19.3 Å². The molecule has 0 aliphatic carbocycles. The first kappa shape index (κ1) is 16.5. The van der Waals surface area contributed by atoms with Crippen LogP contribution in [0.3, 0.4) is 0 Å². The number of nitrogens with one attached hydrogen (secondary N) is 1. The topological polar surface area (TPSA) is 29.9 Å². The van der Waals surface area contributed by atoms with Gasteiger partial charge in [-0.3, -0.25) is 4.68 Å². The second-order valence-corrected chi connectivity index (χ2v) is 4.23. The molecule has 0 fully saturated rings. The van der Waals surface area contributed by atoms with Crippen molar-refractivity contribution < 1.29 is 0 Å². The third kappa shape index (κ3) is 6.69. The number of aryl methyl sites for hydroxylation is 1. The van der Waals surface area contributed by atoms with Gasteiger partial charge in [-0.15, -0.1) is 12.4 Å². The van der Waals surface area contributed by atoms with Gasteiger partial charge in [-0.2, -0.15) is 5.10 Å². The van der Waals surface area contributed by atoms with Crippen molar-refractivity contribution in [2.24, 2.45) is 0 Å². The van der Waals surface area contributed by atoms with Crippen LogP contribution in [0.15, 0.2) is 12.3 Å². The zero-order chi connectivity index (χ0) is 11.6. The Hall–Kier alpha value is -0.540. The van der Waals surface area contributed by atoms with Crippen molar-refractivity contribution in [3.63, 3.8) is 0 Å². The van der Waals surface area contributed by atoms with Crippen LogP contribution in [-0.2, 0) is 13.1 Å². The van der Waals surface area contributed by atoms with Crippen molar-refractivity contribution in [3.8, 4) is 0 Å². The lowest BCUT2D eigenvalue weighted by molar-refractivity contribution is 0.552. The highest BCUT2D eigenvalue weighted by atomic mass is 35.5. The Balaban J connectivity index is 0.00000256. The van der Waals surface area contributed by atoms with E-state index in [9.17, 15) is 0 Å². The monoisotopic (exact) mass is 259 g/mol. The fourth-order valence-corrected chi connectivity index (χ4v) is 1.86. The van der Waals surface area contributed by atoms with Gasteiger partial charge in [0.2, 0.25) is 0 Å². The molecule has 0 saturated heterocycles. The van der Waals surface area contributed by atoms with E-state index in [1.54, 1.807) is 0 Å². The summed E-state index contributed by atoms with van der Waals surface area (Å²) < 4.78 is 2.05. The second kappa shape index (κ2) is 10.6. The van der Waals surface area contributed by atoms with Crippen LogP contribution in [0.5, 0.6) is 0 Å². The van der Waals surface area contributed by atoms with Crippen LogP contribution in [0, 0.1) is 0 Å². The smallest absolute Gasteiger partial charge is 0.0521 e. The maximum Gasteiger partial charge on any atom is 0.0521 e. The molecular formula is C13H26ClN3. The van der Waals surface area contributed by atoms with Crippen molar-refractivity contribution in [2.45, 2.75) is 59.0 Å². The Labute approximate surface area is 111 Å². The van der Waals surface area contributed by atoms with Gasteiger partial charge in [0.25, 0.3) is 0 Å². The van der Waals surface area contributed by atoms with E-state index in [4.69, 9.17) is 0 Å². The molecule has 0 atom stereocenters. The van der Waals surface area contributed by atoms with Crippen molar-refractivity contribution in [1.82, 2.24) is 15.1 Å². The Kier molecular flexibility index (Phi) is 10.3. The molecule has 1 heterocycles. The summed E-state index contributed by atoms with van der Waals surface area (Å²) in [7, 11) is 0. The quantitative estimate of drug-likeness (QED) is 0.689. The van der Waals surface area contributed by atoms with Crippen LogP contribution in [0.4, 0.5) is 0 Å². The molecule has 17 heavy (non-hydrogen) atoms. The van der Waals surface area contributed by atoms with Gasteiger partial charge in [0.15, 0.2) is 0 Å². The van der Waals surface area contributed by atoms with Crippen LogP contribution < -0.4 is 5.32 Å². The zero-order valence-electron chi connectivity index (χ0n) is 11.1. The molecule has 0 unspecified atom stereocenters. The summed E-state index contributed by atoms with van der Waals surface area (Å²) in [5.41, 5.74) is 1.29. The molecule has 1 N–H and O–H groups in total. The van der Waals surface area contributed by atoms with E-state index in [1.165, 1.54) is 37.8 Å². The van der Waals surface area contributed by atoms with E-state index in [0.717, 1.165) is 19.6 Å². The van der Waals surface area contributed by atoms with E-state index < -0.39 is 0 Å². The second-order valence-electron chi connectivity index (χ2n) is 4.23. The predicted molar refractivity (Wildman–Crippen MR) is 75.6 cm³/mol. The number of halogens is 1. The highest BCUT2D eigenvalue weighted by Gasteiger charge is 1.98. The fraction of sp³-hybridized carbons (Fsp3) is 0.769. The van der Waals surface area contributed by atoms with Crippen molar-refractivity contribution >= 4 is 12.4 Å². The molecule has 1 rings (SSSR count). The van der Waals surface area contributed by atoms with Crippen LogP contribution in [0.25, 0.3) is 0 Å². The highest BCUT2D eigenvalue weighted by Crippen LogP contribution is 2.02. The molecule has 1 aromatic rings. The van der Waals surface area contributed by atoms with Gasteiger partial charge in [-0.05, 0) is 26.0 Å². The third-order valence-corrected chi connectivity index (χ3v) is 2.87. The normalized spacial score (nSPS) is 10.2. The Morgan fingerprint density at radius 1 is 1.18 bits per heavy atom. The standard InChI is InChI=1S/C13H25N3.ClH/c1-3-5-6-7-8-10-14-12-13-9-11-15-16(13)4-2;/h9,11,14H,3-8,10,12H2,1-2H3;1H. The largest absolute Gasteiger partial charge is 0.311 e. The average molecular weight is 260 g/mol. The molecule has 0 aliphatic heterocycles. The Bertz CT molecular complexity index is 273. The maximum atomic E-state index is 4.25. The van der Waals surface area contributed by atoms with Gasteiger partial charge in [-0.25, -0.2) is 0 Å². The molecule has 3 nitrogen and oxygen atoms in total. The van der Waals surface area contributed by atoms with Gasteiger partial charge in [-0.1, -0.05) is 32.6 Å². The molecule has 100 valence electrons. The molecule has 4 heteroatoms. The Morgan fingerprint density at radius 2 is 1.94 bits per heavy atom. The molecule has 0 aromatic carbocycles.